The van der Waals surface area contributed by atoms with Crippen LogP contribution in [0.1, 0.15) is 11.8 Å². The smallest absolute Gasteiger partial charge is 0.0349 e. The van der Waals surface area contributed by atoms with Crippen LogP contribution in [-0.2, 0) is 6.54 Å². The largest absolute Gasteiger partial charge is 0.314 e. The molecule has 0 radical (unpaired) electrons. The van der Waals surface area contributed by atoms with Gasteiger partial charge in [-0.2, -0.15) is 0 Å². The summed E-state index contributed by atoms with van der Waals surface area (Å²) >= 11 is 5.42. The van der Waals surface area contributed by atoms with Gasteiger partial charge in [0.25, 0.3) is 0 Å². The monoisotopic (exact) mass is 274 g/mol. The summed E-state index contributed by atoms with van der Waals surface area (Å²) in [6.07, 6.45) is 0. The van der Waals surface area contributed by atoms with Crippen LogP contribution in [-0.4, -0.2) is 30.6 Å². The van der Waals surface area contributed by atoms with Crippen LogP contribution in [0.5, 0.6) is 0 Å². The van der Waals surface area contributed by atoms with E-state index in [4.69, 9.17) is 0 Å². The molecular weight excluding hydrogens is 260 g/mol. The lowest BCUT2D eigenvalue weighted by Gasteiger charge is -2.37. The second kappa shape index (κ2) is 4.75. The molecule has 2 rings (SSSR count). The lowest BCUT2D eigenvalue weighted by atomic mass is 10.1. The first-order chi connectivity index (χ1) is 6.81. The molecule has 2 heterocycles. The molecule has 14 heavy (non-hydrogen) atoms. The van der Waals surface area contributed by atoms with Crippen LogP contribution < -0.4 is 5.32 Å². The van der Waals surface area contributed by atoms with E-state index in [2.05, 4.69) is 44.5 Å². The van der Waals surface area contributed by atoms with E-state index >= 15 is 0 Å². The van der Waals surface area contributed by atoms with E-state index in [1.54, 1.807) is 0 Å². The first-order valence-corrected chi connectivity index (χ1v) is 6.65. The molecule has 0 amide bonds. The molecule has 0 spiro atoms. The molecule has 2 nitrogen and oxygen atoms in total. The molecule has 1 N–H and O–H groups in total. The Labute approximate surface area is 97.4 Å². The maximum atomic E-state index is 3.58. The van der Waals surface area contributed by atoms with E-state index in [0.717, 1.165) is 32.2 Å². The Bertz CT molecular complexity index is 296. The Balaban J connectivity index is 1.97. The van der Waals surface area contributed by atoms with Crippen LogP contribution in [0.2, 0.25) is 0 Å². The summed E-state index contributed by atoms with van der Waals surface area (Å²) in [5.74, 6) is 0. The Hall–Kier alpha value is 0.1000. The van der Waals surface area contributed by atoms with Gasteiger partial charge in [-0.1, -0.05) is 6.92 Å². The first kappa shape index (κ1) is 10.6. The molecule has 1 aliphatic heterocycles. The molecular formula is C10H15BrN2S. The number of halogens is 1. The summed E-state index contributed by atoms with van der Waals surface area (Å²) in [5, 5.41) is 5.47. The molecule has 4 heteroatoms. The maximum Gasteiger partial charge on any atom is 0.0349 e. The van der Waals surface area contributed by atoms with E-state index < -0.39 is 0 Å². The molecule has 1 aromatic rings. The van der Waals surface area contributed by atoms with Crippen molar-refractivity contribution in [3.63, 3.8) is 0 Å². The van der Waals surface area contributed by atoms with Crippen molar-refractivity contribution in [2.45, 2.75) is 19.5 Å². The van der Waals surface area contributed by atoms with E-state index in [9.17, 15) is 0 Å². The van der Waals surface area contributed by atoms with Gasteiger partial charge in [-0.15, -0.1) is 11.3 Å². The average Bonchev–Trinajstić information content (AvgIpc) is 2.47. The fourth-order valence-corrected chi connectivity index (χ4v) is 3.16. The fourth-order valence-electron chi connectivity index (χ4n) is 1.65. The van der Waals surface area contributed by atoms with Crippen molar-refractivity contribution in [3.8, 4) is 0 Å². The van der Waals surface area contributed by atoms with E-state index in [1.165, 1.54) is 9.35 Å². The highest BCUT2D eigenvalue weighted by Gasteiger charge is 2.23. The van der Waals surface area contributed by atoms with Crippen LogP contribution in [0.25, 0.3) is 0 Å². The van der Waals surface area contributed by atoms with E-state index in [-0.39, 0.29) is 0 Å². The molecule has 1 fully saturated rings. The number of thiophene rings is 1. The van der Waals surface area contributed by atoms with Crippen LogP contribution in [0, 0.1) is 0 Å². The van der Waals surface area contributed by atoms with Crippen LogP contribution in [0.4, 0.5) is 0 Å². The average molecular weight is 275 g/mol. The topological polar surface area (TPSA) is 15.3 Å². The van der Waals surface area contributed by atoms with Crippen molar-refractivity contribution in [2.75, 3.05) is 19.6 Å². The number of hydrogen-bond donors (Lipinski definition) is 1. The number of nitrogens with zero attached hydrogens (tertiary/aromatic N) is 1. The number of hydrogen-bond acceptors (Lipinski definition) is 3. The van der Waals surface area contributed by atoms with Crippen molar-refractivity contribution >= 4 is 27.3 Å². The molecule has 0 atom stereocenters. The molecule has 78 valence electrons. The summed E-state index contributed by atoms with van der Waals surface area (Å²) in [5.41, 5.74) is 0. The number of rotatable bonds is 4. The minimum atomic E-state index is 0.744. The van der Waals surface area contributed by atoms with Gasteiger partial charge in [0.2, 0.25) is 0 Å². The molecule has 0 aromatic carbocycles. The zero-order chi connectivity index (χ0) is 9.97. The van der Waals surface area contributed by atoms with Gasteiger partial charge in [0.1, 0.15) is 0 Å². The van der Waals surface area contributed by atoms with Crippen molar-refractivity contribution < 1.29 is 0 Å². The summed E-state index contributed by atoms with van der Waals surface area (Å²) < 4.78 is 1.26. The van der Waals surface area contributed by atoms with Crippen LogP contribution in [0.3, 0.4) is 0 Å². The standard InChI is InChI=1S/C10H15BrN2S/c1-2-13(8-5-12-6-8)7-10-9(11)3-4-14-10/h3-4,8,12H,2,5-7H2,1H3. The predicted molar refractivity (Wildman–Crippen MR) is 64.8 cm³/mol. The first-order valence-electron chi connectivity index (χ1n) is 4.98. The predicted octanol–water partition coefficient (Wildman–Crippen LogP) is 2.30. The highest BCUT2D eigenvalue weighted by Crippen LogP contribution is 2.25. The summed E-state index contributed by atoms with van der Waals surface area (Å²) in [6, 6.07) is 2.88. The fraction of sp³-hybridized carbons (Fsp3) is 0.600. The van der Waals surface area contributed by atoms with Crippen molar-refractivity contribution in [2.24, 2.45) is 0 Å². The second-order valence-electron chi connectivity index (χ2n) is 3.57. The van der Waals surface area contributed by atoms with Gasteiger partial charge in [-0.3, -0.25) is 4.90 Å². The van der Waals surface area contributed by atoms with Gasteiger partial charge in [-0.05, 0) is 33.9 Å². The normalized spacial score (nSPS) is 17.4. The quantitative estimate of drug-likeness (QED) is 0.907. The third-order valence-corrected chi connectivity index (χ3v) is 4.63. The van der Waals surface area contributed by atoms with Crippen LogP contribution in [0.15, 0.2) is 15.9 Å². The van der Waals surface area contributed by atoms with Crippen LogP contribution >= 0.6 is 27.3 Å². The molecule has 0 saturated carbocycles. The van der Waals surface area contributed by atoms with Gasteiger partial charge in [0.05, 0.1) is 0 Å². The van der Waals surface area contributed by atoms with Crippen molar-refractivity contribution in [3.05, 3.63) is 20.8 Å². The Morgan fingerprint density at radius 2 is 2.43 bits per heavy atom. The minimum absolute atomic E-state index is 0.744. The van der Waals surface area contributed by atoms with Gasteiger partial charge in [0.15, 0.2) is 0 Å². The molecule has 1 saturated heterocycles. The highest BCUT2D eigenvalue weighted by atomic mass is 79.9. The number of nitrogens with one attached hydrogen (secondary N) is 1. The highest BCUT2D eigenvalue weighted by molar-refractivity contribution is 9.10. The van der Waals surface area contributed by atoms with E-state index in [0.29, 0.717) is 0 Å². The minimum Gasteiger partial charge on any atom is -0.314 e. The van der Waals surface area contributed by atoms with Crippen molar-refractivity contribution in [1.82, 2.24) is 10.2 Å². The van der Waals surface area contributed by atoms with Gasteiger partial charge < -0.3 is 5.32 Å². The summed E-state index contributed by atoms with van der Waals surface area (Å²) in [4.78, 5) is 3.98. The second-order valence-corrected chi connectivity index (χ2v) is 5.42. The summed E-state index contributed by atoms with van der Waals surface area (Å²) in [6.45, 7) is 6.76. The van der Waals surface area contributed by atoms with E-state index in [1.807, 2.05) is 11.3 Å². The van der Waals surface area contributed by atoms with Gasteiger partial charge in [-0.25, -0.2) is 0 Å². The Morgan fingerprint density at radius 1 is 1.64 bits per heavy atom. The molecule has 1 aliphatic rings. The lowest BCUT2D eigenvalue weighted by Crippen LogP contribution is -2.56. The molecule has 1 aromatic heterocycles. The Morgan fingerprint density at radius 3 is 2.86 bits per heavy atom. The zero-order valence-electron chi connectivity index (χ0n) is 8.29. The Kier molecular flexibility index (Phi) is 3.60. The molecule has 0 unspecified atom stereocenters. The van der Waals surface area contributed by atoms with Gasteiger partial charge >= 0.3 is 0 Å². The van der Waals surface area contributed by atoms with Crippen molar-refractivity contribution in [1.29, 1.82) is 0 Å². The molecule has 0 aliphatic carbocycles. The summed E-state index contributed by atoms with van der Waals surface area (Å²) in [7, 11) is 0. The third kappa shape index (κ3) is 2.19. The zero-order valence-corrected chi connectivity index (χ0v) is 10.7. The van der Waals surface area contributed by atoms with Gasteiger partial charge in [0, 0.05) is 35.0 Å². The SMILES string of the molecule is CCN(Cc1sccc1Br)C1CNC1. The maximum absolute atomic E-state index is 3.58. The molecule has 0 bridgehead atoms. The third-order valence-electron chi connectivity index (χ3n) is 2.72. The number of likely N-dealkylation sites (N-methyl/N-ethyl adjacent to an activating group) is 1. The lowest BCUT2D eigenvalue weighted by molar-refractivity contribution is 0.146.